The number of alkyl halides is 1. The molecule has 64 valence electrons. The Morgan fingerprint density at radius 2 is 2.00 bits per heavy atom. The van der Waals surface area contributed by atoms with Crippen molar-refractivity contribution in [3.63, 3.8) is 0 Å². The first-order chi connectivity index (χ1) is 5.31. The van der Waals surface area contributed by atoms with Crippen molar-refractivity contribution in [2.75, 3.05) is 6.61 Å². The van der Waals surface area contributed by atoms with E-state index in [2.05, 4.69) is 0 Å². The second-order valence-electron chi connectivity index (χ2n) is 3.83. The lowest BCUT2D eigenvalue weighted by Gasteiger charge is -2.35. The van der Waals surface area contributed by atoms with Crippen LogP contribution in [0.15, 0.2) is 0 Å². The highest BCUT2D eigenvalue weighted by Gasteiger charge is 2.39. The Hall–Kier alpha value is 0.250. The maximum atomic E-state index is 6.11. The molecule has 1 unspecified atom stereocenters. The summed E-state index contributed by atoms with van der Waals surface area (Å²) >= 11 is 6.11. The minimum absolute atomic E-state index is 0.213. The zero-order valence-corrected chi connectivity index (χ0v) is 7.57. The van der Waals surface area contributed by atoms with Crippen LogP contribution < -0.4 is 0 Å². The second kappa shape index (κ2) is 2.95. The molecular formula is C9H15ClO. The van der Waals surface area contributed by atoms with Crippen molar-refractivity contribution in [3.05, 3.63) is 0 Å². The molecule has 2 fully saturated rings. The standard InChI is InChI=1S/C9H15ClO/c10-8-3-6-11-9(7-8)4-1-2-5-9/h8H,1-7H2. The summed E-state index contributed by atoms with van der Waals surface area (Å²) in [5.41, 5.74) is 0.213. The highest BCUT2D eigenvalue weighted by Crippen LogP contribution is 2.41. The summed E-state index contributed by atoms with van der Waals surface area (Å²) in [5, 5.41) is 0.377. The molecule has 0 aromatic heterocycles. The van der Waals surface area contributed by atoms with Gasteiger partial charge in [0.15, 0.2) is 0 Å². The Morgan fingerprint density at radius 1 is 1.27 bits per heavy atom. The molecule has 1 atom stereocenters. The van der Waals surface area contributed by atoms with Crippen LogP contribution >= 0.6 is 11.6 Å². The van der Waals surface area contributed by atoms with Crippen molar-refractivity contribution in [1.29, 1.82) is 0 Å². The van der Waals surface area contributed by atoms with Gasteiger partial charge in [0, 0.05) is 12.0 Å². The van der Waals surface area contributed by atoms with E-state index in [0.29, 0.717) is 5.38 Å². The molecule has 2 rings (SSSR count). The maximum absolute atomic E-state index is 6.11. The van der Waals surface area contributed by atoms with Crippen LogP contribution in [0.4, 0.5) is 0 Å². The van der Waals surface area contributed by atoms with E-state index in [1.807, 2.05) is 0 Å². The second-order valence-corrected chi connectivity index (χ2v) is 4.45. The van der Waals surface area contributed by atoms with Gasteiger partial charge in [-0.15, -0.1) is 11.6 Å². The van der Waals surface area contributed by atoms with Gasteiger partial charge in [0.1, 0.15) is 0 Å². The first kappa shape index (κ1) is 7.88. The van der Waals surface area contributed by atoms with Crippen molar-refractivity contribution in [2.45, 2.75) is 49.5 Å². The van der Waals surface area contributed by atoms with Gasteiger partial charge in [0.05, 0.1) is 5.60 Å². The minimum atomic E-state index is 0.213. The predicted octanol–water partition coefficient (Wildman–Crippen LogP) is 2.72. The van der Waals surface area contributed by atoms with Gasteiger partial charge in [-0.1, -0.05) is 12.8 Å². The van der Waals surface area contributed by atoms with Crippen LogP contribution in [0.5, 0.6) is 0 Å². The Bertz CT molecular complexity index is 140. The van der Waals surface area contributed by atoms with Crippen LogP contribution in [0.25, 0.3) is 0 Å². The Labute approximate surface area is 73.1 Å². The molecule has 2 heteroatoms. The predicted molar refractivity (Wildman–Crippen MR) is 46.0 cm³/mol. The lowest BCUT2D eigenvalue weighted by atomic mass is 9.92. The first-order valence-electron chi connectivity index (χ1n) is 4.59. The molecule has 0 amide bonds. The molecular weight excluding hydrogens is 160 g/mol. The van der Waals surface area contributed by atoms with E-state index in [-0.39, 0.29) is 5.60 Å². The van der Waals surface area contributed by atoms with Gasteiger partial charge in [0.25, 0.3) is 0 Å². The highest BCUT2D eigenvalue weighted by molar-refractivity contribution is 6.20. The van der Waals surface area contributed by atoms with Crippen molar-refractivity contribution in [2.24, 2.45) is 0 Å². The Kier molecular flexibility index (Phi) is 2.11. The summed E-state index contributed by atoms with van der Waals surface area (Å²) in [6.45, 7) is 0.883. The lowest BCUT2D eigenvalue weighted by molar-refractivity contribution is -0.0711. The van der Waals surface area contributed by atoms with Crippen molar-refractivity contribution < 1.29 is 4.74 Å². The van der Waals surface area contributed by atoms with Crippen molar-refractivity contribution in [1.82, 2.24) is 0 Å². The molecule has 1 heterocycles. The van der Waals surface area contributed by atoms with E-state index >= 15 is 0 Å². The van der Waals surface area contributed by atoms with E-state index in [1.54, 1.807) is 0 Å². The molecule has 1 saturated heterocycles. The molecule has 0 N–H and O–H groups in total. The lowest BCUT2D eigenvalue weighted by Crippen LogP contribution is -2.37. The largest absolute Gasteiger partial charge is 0.375 e. The Balaban J connectivity index is 2.00. The van der Waals surface area contributed by atoms with E-state index in [9.17, 15) is 0 Å². The zero-order chi connectivity index (χ0) is 7.73. The fourth-order valence-electron chi connectivity index (χ4n) is 2.34. The molecule has 2 aliphatic rings. The third kappa shape index (κ3) is 1.54. The first-order valence-corrected chi connectivity index (χ1v) is 5.02. The summed E-state index contributed by atoms with van der Waals surface area (Å²) in [7, 11) is 0. The molecule has 0 aromatic rings. The Morgan fingerprint density at radius 3 is 2.64 bits per heavy atom. The number of halogens is 1. The van der Waals surface area contributed by atoms with E-state index in [4.69, 9.17) is 16.3 Å². The molecule has 1 nitrogen and oxygen atoms in total. The molecule has 0 radical (unpaired) electrons. The summed E-state index contributed by atoms with van der Waals surface area (Å²) in [6.07, 6.45) is 7.30. The maximum Gasteiger partial charge on any atom is 0.0696 e. The number of hydrogen-bond donors (Lipinski definition) is 0. The summed E-state index contributed by atoms with van der Waals surface area (Å²) in [5.74, 6) is 0. The third-order valence-electron chi connectivity index (χ3n) is 2.95. The smallest absolute Gasteiger partial charge is 0.0696 e. The van der Waals surface area contributed by atoms with Gasteiger partial charge in [-0.25, -0.2) is 0 Å². The van der Waals surface area contributed by atoms with E-state index in [1.165, 1.54) is 25.7 Å². The van der Waals surface area contributed by atoms with Crippen LogP contribution in [0.2, 0.25) is 0 Å². The molecule has 1 saturated carbocycles. The molecule has 1 aliphatic carbocycles. The summed E-state index contributed by atoms with van der Waals surface area (Å²) in [6, 6.07) is 0. The van der Waals surface area contributed by atoms with E-state index in [0.717, 1.165) is 19.4 Å². The average molecular weight is 175 g/mol. The minimum Gasteiger partial charge on any atom is -0.375 e. The fourth-order valence-corrected chi connectivity index (χ4v) is 2.71. The fraction of sp³-hybridized carbons (Fsp3) is 1.00. The molecule has 0 bridgehead atoms. The van der Waals surface area contributed by atoms with Gasteiger partial charge in [0.2, 0.25) is 0 Å². The van der Waals surface area contributed by atoms with Gasteiger partial charge in [-0.2, -0.15) is 0 Å². The SMILES string of the molecule is ClC1CCOC2(CCCC2)C1. The number of hydrogen-bond acceptors (Lipinski definition) is 1. The van der Waals surface area contributed by atoms with Crippen molar-refractivity contribution in [3.8, 4) is 0 Å². The summed E-state index contributed by atoms with van der Waals surface area (Å²) < 4.78 is 5.81. The molecule has 0 aromatic carbocycles. The highest BCUT2D eigenvalue weighted by atomic mass is 35.5. The third-order valence-corrected chi connectivity index (χ3v) is 3.32. The normalized spacial score (nSPS) is 36.3. The average Bonchev–Trinajstić information content (AvgIpc) is 2.37. The number of rotatable bonds is 0. The zero-order valence-electron chi connectivity index (χ0n) is 6.81. The quantitative estimate of drug-likeness (QED) is 0.514. The van der Waals surface area contributed by atoms with E-state index < -0.39 is 0 Å². The topological polar surface area (TPSA) is 9.23 Å². The monoisotopic (exact) mass is 174 g/mol. The van der Waals surface area contributed by atoms with Crippen molar-refractivity contribution >= 4 is 11.6 Å². The van der Waals surface area contributed by atoms with Gasteiger partial charge < -0.3 is 4.74 Å². The van der Waals surface area contributed by atoms with Gasteiger partial charge >= 0.3 is 0 Å². The molecule has 1 spiro atoms. The van der Waals surface area contributed by atoms with Gasteiger partial charge in [-0.05, 0) is 25.7 Å². The van der Waals surface area contributed by atoms with Crippen LogP contribution in [0.1, 0.15) is 38.5 Å². The van der Waals surface area contributed by atoms with Crippen LogP contribution in [0.3, 0.4) is 0 Å². The number of ether oxygens (including phenoxy) is 1. The van der Waals surface area contributed by atoms with Crippen LogP contribution in [-0.4, -0.2) is 17.6 Å². The molecule has 1 aliphatic heterocycles. The molecule has 11 heavy (non-hydrogen) atoms. The summed E-state index contributed by atoms with van der Waals surface area (Å²) in [4.78, 5) is 0. The van der Waals surface area contributed by atoms with Crippen LogP contribution in [0, 0.1) is 0 Å². The van der Waals surface area contributed by atoms with Crippen LogP contribution in [-0.2, 0) is 4.74 Å². The van der Waals surface area contributed by atoms with Gasteiger partial charge in [-0.3, -0.25) is 0 Å².